The molecule has 7 heterocycles. The topological polar surface area (TPSA) is 209 Å². The molecule has 3 saturated heterocycles. The van der Waals surface area contributed by atoms with Crippen LogP contribution in [0.2, 0.25) is 0 Å². The van der Waals surface area contributed by atoms with E-state index in [0.717, 1.165) is 4.90 Å². The van der Waals surface area contributed by atoms with Crippen molar-refractivity contribution in [3.05, 3.63) is 36.7 Å². The van der Waals surface area contributed by atoms with Gasteiger partial charge in [0, 0.05) is 10.8 Å². The van der Waals surface area contributed by atoms with Crippen LogP contribution in [0.4, 0.5) is 5.82 Å². The smallest absolute Gasteiger partial charge is 0.346 e. The molecule has 48 heavy (non-hydrogen) atoms. The van der Waals surface area contributed by atoms with Gasteiger partial charge in [0.05, 0.1) is 19.3 Å². The number of nitrogen functional groups attached to an aromatic ring is 1. The molecule has 10 atom stereocenters. The van der Waals surface area contributed by atoms with E-state index < -0.39 is 82.5 Å². The third-order valence-corrected chi connectivity index (χ3v) is 12.6. The molecular formula is C28H36N5O12P2S+. The van der Waals surface area contributed by atoms with Crippen LogP contribution >= 0.6 is 27.4 Å². The van der Waals surface area contributed by atoms with Gasteiger partial charge in [0.25, 0.3) is 5.82 Å². The fraction of sp³-hybridized carbons (Fsp3) is 0.607. The van der Waals surface area contributed by atoms with Gasteiger partial charge in [0.15, 0.2) is 28.5 Å². The number of nitrogens with zero attached hydrogens (tertiary/aromatic N) is 4. The minimum Gasteiger partial charge on any atom is -0.346 e. The molecule has 4 fully saturated rings. The van der Waals surface area contributed by atoms with Crippen molar-refractivity contribution < 1.29 is 60.5 Å². The number of rotatable bonds is 2. The second-order valence-corrected chi connectivity index (χ2v) is 17.3. The maximum atomic E-state index is 13.0. The first kappa shape index (κ1) is 33.1. The number of fused-ring (bicyclic) bond motifs is 9. The zero-order chi connectivity index (χ0) is 33.8. The number of aromatic nitrogens is 4. The molecule has 9 rings (SSSR count). The lowest BCUT2D eigenvalue weighted by molar-refractivity contribution is -0.717. The number of phosphoric ester groups is 2. The van der Waals surface area contributed by atoms with Crippen molar-refractivity contribution in [2.24, 2.45) is 5.92 Å². The highest BCUT2D eigenvalue weighted by Gasteiger charge is 2.59. The monoisotopic (exact) mass is 728 g/mol. The summed E-state index contributed by atoms with van der Waals surface area (Å²) in [5.74, 6) is -2.21. The van der Waals surface area contributed by atoms with Crippen molar-refractivity contribution in [1.29, 1.82) is 0 Å². The molecule has 1 aromatic carbocycles. The van der Waals surface area contributed by atoms with Gasteiger partial charge in [-0.15, -0.1) is 0 Å². The Labute approximate surface area is 279 Å². The van der Waals surface area contributed by atoms with E-state index in [-0.39, 0.29) is 6.61 Å². The number of hydrogen-bond acceptors (Lipinski definition) is 14. The molecule has 0 spiro atoms. The minimum atomic E-state index is -5.14. The van der Waals surface area contributed by atoms with Gasteiger partial charge >= 0.3 is 15.6 Å². The van der Waals surface area contributed by atoms with Crippen LogP contribution in [0.3, 0.4) is 0 Å². The number of imidazole rings is 1. The summed E-state index contributed by atoms with van der Waals surface area (Å²) in [6.07, 6.45) is -2.57. The van der Waals surface area contributed by atoms with Gasteiger partial charge in [-0.25, -0.2) is 18.7 Å². The Morgan fingerprint density at radius 2 is 1.58 bits per heavy atom. The standard InChI is InChI=1S/C28H35N5O12P2S/c1-27(2)41-19-14-10-16(20(19)42-27)32-13-30-24-18(23(32)29)31-26(48-15-8-6-5-7-9-15)33(24)25-22-21(43-28(3,4)44-22)17(40-25)12-39-47(36,37)45-46(34,35)38-11-14/h5-9,13-14,16-17,19-22,25,29H,10-12H2,1-4H3,(H2,34,35,36,37)/p+1/t14-,16-,17-,19-,20+,21-,22-,25-/m1/s1. The Hall–Kier alpha value is -2.02. The summed E-state index contributed by atoms with van der Waals surface area (Å²) in [4.78, 5) is 31.7. The van der Waals surface area contributed by atoms with E-state index in [0.29, 0.717) is 28.6 Å². The molecule has 4 N–H and O–H groups in total. The number of benzene rings is 1. The maximum absolute atomic E-state index is 13.0. The van der Waals surface area contributed by atoms with Crippen LogP contribution in [-0.4, -0.2) is 79.6 Å². The van der Waals surface area contributed by atoms with E-state index >= 15 is 0 Å². The number of anilines is 1. The van der Waals surface area contributed by atoms with Crippen LogP contribution in [0.5, 0.6) is 0 Å². The van der Waals surface area contributed by atoms with Gasteiger partial charge in [-0.1, -0.05) is 34.9 Å². The maximum Gasteiger partial charge on any atom is 0.481 e. The number of phosphoric acid groups is 2. The predicted molar refractivity (Wildman–Crippen MR) is 164 cm³/mol. The molecule has 260 valence electrons. The van der Waals surface area contributed by atoms with Crippen molar-refractivity contribution in [2.75, 3.05) is 18.9 Å². The molecule has 0 radical (unpaired) electrons. The van der Waals surface area contributed by atoms with Crippen molar-refractivity contribution in [3.8, 4) is 0 Å². The molecule has 0 amide bonds. The van der Waals surface area contributed by atoms with Crippen LogP contribution in [0.1, 0.15) is 46.4 Å². The van der Waals surface area contributed by atoms with Crippen LogP contribution in [0.25, 0.3) is 11.2 Å². The minimum absolute atomic E-state index is 0.309. The molecule has 2 unspecified atom stereocenters. The van der Waals surface area contributed by atoms with Crippen molar-refractivity contribution >= 4 is 44.4 Å². The Kier molecular flexibility index (Phi) is 7.94. The Balaban J connectivity index is 1.28. The first-order valence-electron chi connectivity index (χ1n) is 15.4. The summed E-state index contributed by atoms with van der Waals surface area (Å²) in [6, 6.07) is 9.19. The average Bonchev–Trinajstić information content (AvgIpc) is 3.76. The number of nitrogens with two attached hydrogens (primary N) is 1. The van der Waals surface area contributed by atoms with Crippen LogP contribution in [0, 0.1) is 5.92 Å². The predicted octanol–water partition coefficient (Wildman–Crippen LogP) is 3.22. The third kappa shape index (κ3) is 5.94. The Morgan fingerprint density at radius 1 is 0.938 bits per heavy atom. The lowest BCUT2D eigenvalue weighted by Gasteiger charge is -2.26. The van der Waals surface area contributed by atoms with Crippen molar-refractivity contribution in [3.63, 3.8) is 0 Å². The highest BCUT2D eigenvalue weighted by molar-refractivity contribution is 7.99. The van der Waals surface area contributed by atoms with Crippen LogP contribution in [0.15, 0.2) is 46.7 Å². The first-order chi connectivity index (χ1) is 22.6. The molecule has 5 aliphatic heterocycles. The summed E-state index contributed by atoms with van der Waals surface area (Å²) in [5.41, 5.74) is 7.72. The third-order valence-electron chi connectivity index (χ3n) is 8.98. The van der Waals surface area contributed by atoms with Crippen LogP contribution < -0.4 is 10.3 Å². The largest absolute Gasteiger partial charge is 0.481 e. The SMILES string of the molecule is CC1(C)O[C@@H]2[C@H]3COP(=O)(O)OP(=O)(O)OC[C@H]4O[C@H]([C@@H]5OC(C)(C)O[C@@H]54)n4c(Sc5ccccc5)nc5c(N)[n+](cnc54)[C@H](C3)[C@@H]2O1. The summed E-state index contributed by atoms with van der Waals surface area (Å²) >= 11 is 1.37. The summed E-state index contributed by atoms with van der Waals surface area (Å²) in [5, 5.41) is 0.499. The first-order valence-corrected chi connectivity index (χ1v) is 19.2. The second-order valence-electron chi connectivity index (χ2n) is 13.3. The zero-order valence-electron chi connectivity index (χ0n) is 26.4. The van der Waals surface area contributed by atoms with Gasteiger partial charge in [-0.05, 0) is 46.2 Å². The normalized spacial score (nSPS) is 40.2. The van der Waals surface area contributed by atoms with Gasteiger partial charge < -0.3 is 39.2 Å². The molecule has 6 aliphatic rings. The fourth-order valence-corrected chi connectivity index (χ4v) is 10.3. The molecule has 8 bridgehead atoms. The zero-order valence-corrected chi connectivity index (χ0v) is 29.0. The van der Waals surface area contributed by atoms with Gasteiger partial charge in [-0.2, -0.15) is 4.31 Å². The average molecular weight is 729 g/mol. The van der Waals surface area contributed by atoms with Gasteiger partial charge in [0.2, 0.25) is 12.0 Å². The molecule has 1 aliphatic carbocycles. The summed E-state index contributed by atoms with van der Waals surface area (Å²) < 4.78 is 75.9. The lowest BCUT2D eigenvalue weighted by atomic mass is 10.1. The van der Waals surface area contributed by atoms with Gasteiger partial charge in [-0.3, -0.25) is 13.6 Å². The van der Waals surface area contributed by atoms with E-state index in [9.17, 15) is 18.9 Å². The van der Waals surface area contributed by atoms with E-state index in [4.69, 9.17) is 48.4 Å². The quantitative estimate of drug-likeness (QED) is 0.256. The summed E-state index contributed by atoms with van der Waals surface area (Å²) in [6.45, 7) is 6.09. The van der Waals surface area contributed by atoms with Crippen LogP contribution in [-0.2, 0) is 46.2 Å². The molecule has 3 aromatic rings. The molecule has 2 aromatic heterocycles. The summed E-state index contributed by atoms with van der Waals surface area (Å²) in [7, 11) is -10.2. The molecular weight excluding hydrogens is 692 g/mol. The highest BCUT2D eigenvalue weighted by Crippen LogP contribution is 2.61. The molecule has 20 heteroatoms. The second kappa shape index (κ2) is 11.5. The lowest BCUT2D eigenvalue weighted by Crippen LogP contribution is -2.48. The number of ether oxygens (including phenoxy) is 5. The van der Waals surface area contributed by atoms with E-state index in [1.165, 1.54) is 11.8 Å². The molecule has 1 saturated carbocycles. The Bertz CT molecular complexity index is 1850. The Morgan fingerprint density at radius 3 is 2.31 bits per heavy atom. The van der Waals surface area contributed by atoms with Crippen molar-refractivity contribution in [2.45, 2.75) is 98.5 Å². The fourth-order valence-electron chi connectivity index (χ4n) is 7.19. The van der Waals surface area contributed by atoms with Gasteiger partial charge in [0.1, 0.15) is 30.5 Å². The number of hydrogen-bond donors (Lipinski definition) is 3. The van der Waals surface area contributed by atoms with E-state index in [1.54, 1.807) is 43.2 Å². The molecule has 17 nitrogen and oxygen atoms in total. The highest BCUT2D eigenvalue weighted by atomic mass is 32.2. The van der Waals surface area contributed by atoms with E-state index in [2.05, 4.69) is 4.31 Å². The van der Waals surface area contributed by atoms with Crippen molar-refractivity contribution in [1.82, 2.24) is 14.5 Å². The van der Waals surface area contributed by atoms with E-state index in [1.807, 2.05) is 30.3 Å².